The van der Waals surface area contributed by atoms with Crippen molar-refractivity contribution in [1.29, 1.82) is 0 Å². The minimum absolute atomic E-state index is 0.312. The molecule has 7 nitrogen and oxygen atoms in total. The van der Waals surface area contributed by atoms with Crippen molar-refractivity contribution in [2.75, 3.05) is 44.7 Å². The van der Waals surface area contributed by atoms with E-state index in [2.05, 4.69) is 26.8 Å². The van der Waals surface area contributed by atoms with Gasteiger partial charge >= 0.3 is 5.97 Å². The topological polar surface area (TPSA) is 63.0 Å². The van der Waals surface area contributed by atoms with Crippen molar-refractivity contribution in [2.24, 2.45) is 0 Å². The molecule has 0 atom stereocenters. The van der Waals surface area contributed by atoms with Gasteiger partial charge in [0.2, 0.25) is 0 Å². The molecule has 0 aromatic carbocycles. The summed E-state index contributed by atoms with van der Waals surface area (Å²) in [6, 6.07) is 9.70. The second kappa shape index (κ2) is 7.36. The van der Waals surface area contributed by atoms with Crippen LogP contribution in [0.15, 0.2) is 42.7 Å². The Morgan fingerprint density at radius 3 is 2.67 bits per heavy atom. The number of esters is 1. The van der Waals surface area contributed by atoms with Crippen LogP contribution in [0.3, 0.4) is 0 Å². The van der Waals surface area contributed by atoms with Gasteiger partial charge in [-0.15, -0.1) is 0 Å². The van der Waals surface area contributed by atoms with Crippen LogP contribution in [0.5, 0.6) is 0 Å². The molecule has 0 bridgehead atoms. The summed E-state index contributed by atoms with van der Waals surface area (Å²) in [5.74, 6) is 0.540. The lowest BCUT2D eigenvalue weighted by Gasteiger charge is -2.33. The SMILES string of the molecule is CCOC(=O)c1nc2ccccn2c1-c1ccc(N2CCN(C)CC2)nc1. The van der Waals surface area contributed by atoms with E-state index in [1.807, 2.05) is 47.1 Å². The van der Waals surface area contributed by atoms with E-state index >= 15 is 0 Å². The minimum atomic E-state index is -0.417. The molecule has 3 aromatic heterocycles. The van der Waals surface area contributed by atoms with Gasteiger partial charge in [0.05, 0.1) is 12.3 Å². The average Bonchev–Trinajstić information content (AvgIpc) is 3.09. The second-order valence-corrected chi connectivity index (χ2v) is 6.65. The Morgan fingerprint density at radius 1 is 1.15 bits per heavy atom. The number of likely N-dealkylation sites (N-methyl/N-ethyl adjacent to an activating group) is 1. The zero-order chi connectivity index (χ0) is 18.8. The molecule has 7 heteroatoms. The quantitative estimate of drug-likeness (QED) is 0.661. The van der Waals surface area contributed by atoms with Crippen molar-refractivity contribution in [2.45, 2.75) is 6.92 Å². The number of carbonyl (C=O) groups excluding carboxylic acids is 1. The van der Waals surface area contributed by atoms with Crippen molar-refractivity contribution in [1.82, 2.24) is 19.3 Å². The Kier molecular flexibility index (Phi) is 4.77. The van der Waals surface area contributed by atoms with Gasteiger partial charge in [-0.25, -0.2) is 14.8 Å². The van der Waals surface area contributed by atoms with E-state index in [0.717, 1.165) is 37.6 Å². The number of rotatable bonds is 4. The Morgan fingerprint density at radius 2 is 1.96 bits per heavy atom. The smallest absolute Gasteiger partial charge is 0.359 e. The fourth-order valence-electron chi connectivity index (χ4n) is 3.36. The van der Waals surface area contributed by atoms with Crippen LogP contribution in [0.25, 0.3) is 16.9 Å². The van der Waals surface area contributed by atoms with Crippen molar-refractivity contribution < 1.29 is 9.53 Å². The molecular formula is C20H23N5O2. The number of hydrogen-bond donors (Lipinski definition) is 0. The monoisotopic (exact) mass is 365 g/mol. The first kappa shape index (κ1) is 17.5. The molecule has 0 unspecified atom stereocenters. The molecular weight excluding hydrogens is 342 g/mol. The normalized spacial score (nSPS) is 15.3. The number of anilines is 1. The number of piperazine rings is 1. The number of carbonyl (C=O) groups is 1. The third kappa shape index (κ3) is 3.38. The molecule has 1 aliphatic rings. The molecule has 0 aliphatic carbocycles. The van der Waals surface area contributed by atoms with E-state index in [-0.39, 0.29) is 0 Å². The first-order chi connectivity index (χ1) is 13.2. The first-order valence-electron chi connectivity index (χ1n) is 9.21. The van der Waals surface area contributed by atoms with Gasteiger partial charge in [-0.1, -0.05) is 6.07 Å². The molecule has 4 heterocycles. The van der Waals surface area contributed by atoms with Gasteiger partial charge in [0.25, 0.3) is 0 Å². The van der Waals surface area contributed by atoms with Gasteiger partial charge in [-0.05, 0) is 38.2 Å². The predicted octanol–water partition coefficient (Wildman–Crippen LogP) is 2.32. The van der Waals surface area contributed by atoms with Crippen molar-refractivity contribution >= 4 is 17.4 Å². The summed E-state index contributed by atoms with van der Waals surface area (Å²) < 4.78 is 7.10. The largest absolute Gasteiger partial charge is 0.461 e. The summed E-state index contributed by atoms with van der Waals surface area (Å²) in [4.78, 5) is 26.1. The molecule has 1 fully saturated rings. The number of pyridine rings is 2. The highest BCUT2D eigenvalue weighted by Crippen LogP contribution is 2.27. The Hall–Kier alpha value is -2.93. The number of hydrogen-bond acceptors (Lipinski definition) is 6. The van der Waals surface area contributed by atoms with Crippen LogP contribution in [0.1, 0.15) is 17.4 Å². The van der Waals surface area contributed by atoms with Gasteiger partial charge < -0.3 is 14.5 Å². The third-order valence-corrected chi connectivity index (χ3v) is 4.85. The fraction of sp³-hybridized carbons (Fsp3) is 0.350. The number of fused-ring (bicyclic) bond motifs is 1. The molecule has 0 saturated carbocycles. The lowest BCUT2D eigenvalue weighted by molar-refractivity contribution is 0.0521. The van der Waals surface area contributed by atoms with E-state index in [1.54, 1.807) is 6.92 Å². The molecule has 0 spiro atoms. The second-order valence-electron chi connectivity index (χ2n) is 6.65. The van der Waals surface area contributed by atoms with E-state index in [0.29, 0.717) is 23.6 Å². The van der Waals surface area contributed by atoms with Crippen LogP contribution in [0.4, 0.5) is 5.82 Å². The third-order valence-electron chi connectivity index (χ3n) is 4.85. The molecule has 3 aromatic rings. The van der Waals surface area contributed by atoms with Crippen LogP contribution >= 0.6 is 0 Å². The maximum Gasteiger partial charge on any atom is 0.359 e. The van der Waals surface area contributed by atoms with Crippen molar-refractivity contribution in [3.05, 3.63) is 48.4 Å². The molecule has 1 saturated heterocycles. The molecule has 0 N–H and O–H groups in total. The van der Waals surface area contributed by atoms with Crippen molar-refractivity contribution in [3.63, 3.8) is 0 Å². The van der Waals surface area contributed by atoms with Crippen LogP contribution in [-0.2, 0) is 4.74 Å². The summed E-state index contributed by atoms with van der Waals surface area (Å²) in [6.45, 7) is 6.10. The van der Waals surface area contributed by atoms with Gasteiger partial charge in [-0.2, -0.15) is 0 Å². The predicted molar refractivity (Wildman–Crippen MR) is 104 cm³/mol. The maximum atomic E-state index is 12.4. The Balaban J connectivity index is 1.71. The highest BCUT2D eigenvalue weighted by atomic mass is 16.5. The first-order valence-corrected chi connectivity index (χ1v) is 9.21. The minimum Gasteiger partial charge on any atom is -0.461 e. The Labute approximate surface area is 158 Å². The zero-order valence-corrected chi connectivity index (χ0v) is 15.6. The van der Waals surface area contributed by atoms with E-state index < -0.39 is 5.97 Å². The van der Waals surface area contributed by atoms with Crippen LogP contribution < -0.4 is 4.90 Å². The van der Waals surface area contributed by atoms with E-state index in [1.165, 1.54) is 0 Å². The number of nitrogens with zero attached hydrogens (tertiary/aromatic N) is 5. The molecule has 140 valence electrons. The fourth-order valence-corrected chi connectivity index (χ4v) is 3.36. The average molecular weight is 365 g/mol. The lowest BCUT2D eigenvalue weighted by atomic mass is 10.1. The molecule has 1 aliphatic heterocycles. The summed E-state index contributed by atoms with van der Waals surface area (Å²) >= 11 is 0. The number of ether oxygens (including phenoxy) is 1. The number of imidazole rings is 1. The summed E-state index contributed by atoms with van der Waals surface area (Å²) in [7, 11) is 2.13. The zero-order valence-electron chi connectivity index (χ0n) is 15.6. The van der Waals surface area contributed by atoms with E-state index in [4.69, 9.17) is 4.74 Å². The van der Waals surface area contributed by atoms with E-state index in [9.17, 15) is 4.79 Å². The molecule has 4 rings (SSSR count). The summed E-state index contributed by atoms with van der Waals surface area (Å²) in [6.07, 6.45) is 3.71. The van der Waals surface area contributed by atoms with Crippen LogP contribution in [-0.4, -0.2) is 65.1 Å². The van der Waals surface area contributed by atoms with Gasteiger partial charge in [-0.3, -0.25) is 4.40 Å². The van der Waals surface area contributed by atoms with Gasteiger partial charge in [0, 0.05) is 44.1 Å². The standard InChI is InChI=1S/C20H23N5O2/c1-3-27-20(26)18-19(25-9-5-4-6-17(25)22-18)15-7-8-16(21-14-15)24-12-10-23(2)11-13-24/h4-9,14H,3,10-13H2,1-2H3. The highest BCUT2D eigenvalue weighted by molar-refractivity contribution is 5.95. The summed E-state index contributed by atoms with van der Waals surface area (Å²) in [5, 5.41) is 0. The van der Waals surface area contributed by atoms with Crippen LogP contribution in [0, 0.1) is 0 Å². The van der Waals surface area contributed by atoms with Crippen LogP contribution in [0.2, 0.25) is 0 Å². The van der Waals surface area contributed by atoms with Gasteiger partial charge in [0.1, 0.15) is 11.5 Å². The molecule has 0 radical (unpaired) electrons. The Bertz CT molecular complexity index is 943. The van der Waals surface area contributed by atoms with Gasteiger partial charge in [0.15, 0.2) is 5.69 Å². The maximum absolute atomic E-state index is 12.4. The molecule has 27 heavy (non-hydrogen) atoms. The molecule has 0 amide bonds. The highest BCUT2D eigenvalue weighted by Gasteiger charge is 2.22. The lowest BCUT2D eigenvalue weighted by Crippen LogP contribution is -2.44. The summed E-state index contributed by atoms with van der Waals surface area (Å²) in [5.41, 5.74) is 2.58. The van der Waals surface area contributed by atoms with Crippen molar-refractivity contribution in [3.8, 4) is 11.3 Å². The number of aromatic nitrogens is 3.